The Labute approximate surface area is 125 Å². The van der Waals surface area contributed by atoms with Gasteiger partial charge in [-0.3, -0.25) is 4.79 Å². The van der Waals surface area contributed by atoms with E-state index in [1.165, 1.54) is 12.1 Å². The molecule has 2 fully saturated rings. The van der Waals surface area contributed by atoms with E-state index in [-0.39, 0.29) is 23.5 Å². The average molecular weight is 315 g/mol. The lowest BCUT2D eigenvalue weighted by Gasteiger charge is -2.15. The van der Waals surface area contributed by atoms with E-state index in [4.69, 9.17) is 0 Å². The molecule has 1 saturated carbocycles. The molecule has 1 aromatic rings. The quantitative estimate of drug-likeness (QED) is 0.931. The number of carbonyl (C=O) groups excluding carboxylic acids is 1. The Morgan fingerprint density at radius 2 is 1.95 bits per heavy atom. The van der Waals surface area contributed by atoms with Crippen LogP contribution in [-0.4, -0.2) is 41.5 Å². The van der Waals surface area contributed by atoms with Crippen LogP contribution >= 0.6 is 0 Å². The summed E-state index contributed by atoms with van der Waals surface area (Å²) in [6.45, 7) is 0.946. The maximum Gasteiger partial charge on any atom is 0.573 e. The van der Waals surface area contributed by atoms with Crippen LogP contribution in [0.3, 0.4) is 0 Å². The molecular formula is C15H16F3NO3. The number of aliphatic hydroxyl groups is 1. The van der Waals surface area contributed by atoms with Crippen LogP contribution in [0.5, 0.6) is 5.75 Å². The number of ether oxygens (including phenoxy) is 1. The van der Waals surface area contributed by atoms with Gasteiger partial charge in [-0.05, 0) is 36.5 Å². The topological polar surface area (TPSA) is 49.8 Å². The number of aliphatic hydroxyl groups excluding tert-OH is 1. The van der Waals surface area contributed by atoms with Gasteiger partial charge in [0.05, 0.1) is 6.10 Å². The first kappa shape index (κ1) is 15.1. The van der Waals surface area contributed by atoms with Crippen LogP contribution in [-0.2, 0) is 4.79 Å². The number of alkyl halides is 3. The van der Waals surface area contributed by atoms with Crippen molar-refractivity contribution in [2.45, 2.75) is 31.2 Å². The minimum absolute atomic E-state index is 0.0252. The first-order chi connectivity index (χ1) is 10.3. The third-order valence-corrected chi connectivity index (χ3v) is 4.12. The molecule has 0 bridgehead atoms. The highest BCUT2D eigenvalue weighted by Gasteiger charge is 2.46. The van der Waals surface area contributed by atoms with Gasteiger partial charge in [0.15, 0.2) is 0 Å². The first-order valence-corrected chi connectivity index (χ1v) is 7.16. The molecule has 1 aliphatic heterocycles. The van der Waals surface area contributed by atoms with E-state index in [0.29, 0.717) is 25.9 Å². The van der Waals surface area contributed by atoms with E-state index >= 15 is 0 Å². The molecule has 2 aliphatic rings. The molecule has 0 aromatic heterocycles. The van der Waals surface area contributed by atoms with E-state index in [9.17, 15) is 23.1 Å². The fraction of sp³-hybridized carbons (Fsp3) is 0.533. The van der Waals surface area contributed by atoms with Gasteiger partial charge in [-0.25, -0.2) is 0 Å². The molecule has 3 atom stereocenters. The largest absolute Gasteiger partial charge is 0.573 e. The lowest BCUT2D eigenvalue weighted by molar-refractivity contribution is -0.274. The van der Waals surface area contributed by atoms with E-state index < -0.39 is 12.5 Å². The summed E-state index contributed by atoms with van der Waals surface area (Å²) in [7, 11) is 0. The van der Waals surface area contributed by atoms with Crippen molar-refractivity contribution in [3.05, 3.63) is 29.8 Å². The summed E-state index contributed by atoms with van der Waals surface area (Å²) in [5.74, 6) is -0.315. The van der Waals surface area contributed by atoms with Gasteiger partial charge in [0.1, 0.15) is 5.75 Å². The van der Waals surface area contributed by atoms with Crippen molar-refractivity contribution in [2.24, 2.45) is 5.92 Å². The minimum atomic E-state index is -4.70. The van der Waals surface area contributed by atoms with Crippen LogP contribution in [0.1, 0.15) is 24.3 Å². The molecular weight excluding hydrogens is 299 g/mol. The molecule has 2 unspecified atom stereocenters. The maximum atomic E-state index is 12.2. The van der Waals surface area contributed by atoms with Crippen molar-refractivity contribution in [2.75, 3.05) is 13.1 Å². The predicted molar refractivity (Wildman–Crippen MR) is 71.2 cm³/mol. The average Bonchev–Trinajstić information content (AvgIpc) is 3.11. The molecule has 3 rings (SSSR count). The second kappa shape index (κ2) is 5.46. The normalized spacial score (nSPS) is 27.8. The Kier molecular flexibility index (Phi) is 3.76. The van der Waals surface area contributed by atoms with Crippen molar-refractivity contribution in [1.82, 2.24) is 4.90 Å². The van der Waals surface area contributed by atoms with E-state index in [2.05, 4.69) is 4.74 Å². The summed E-state index contributed by atoms with van der Waals surface area (Å²) in [5, 5.41) is 9.46. The number of nitrogens with zero attached hydrogens (tertiary/aromatic N) is 1. The number of carbonyl (C=O) groups is 1. The van der Waals surface area contributed by atoms with Crippen molar-refractivity contribution < 1.29 is 27.8 Å². The highest BCUT2D eigenvalue weighted by Crippen LogP contribution is 2.49. The fourth-order valence-corrected chi connectivity index (χ4v) is 2.93. The maximum absolute atomic E-state index is 12.2. The lowest BCUT2D eigenvalue weighted by Crippen LogP contribution is -2.31. The van der Waals surface area contributed by atoms with Crippen LogP contribution < -0.4 is 4.74 Å². The van der Waals surface area contributed by atoms with Crippen LogP contribution in [0.25, 0.3) is 0 Å². The zero-order valence-electron chi connectivity index (χ0n) is 11.7. The number of hydrogen-bond acceptors (Lipinski definition) is 3. The summed E-state index contributed by atoms with van der Waals surface area (Å²) < 4.78 is 40.1. The lowest BCUT2D eigenvalue weighted by atomic mass is 10.1. The van der Waals surface area contributed by atoms with Gasteiger partial charge in [-0.15, -0.1) is 13.2 Å². The fourth-order valence-electron chi connectivity index (χ4n) is 2.93. The van der Waals surface area contributed by atoms with Crippen LogP contribution in [0, 0.1) is 5.92 Å². The highest BCUT2D eigenvalue weighted by atomic mass is 19.4. The highest BCUT2D eigenvalue weighted by molar-refractivity contribution is 5.83. The smallest absolute Gasteiger partial charge is 0.406 e. The molecule has 1 aliphatic carbocycles. The molecule has 4 nitrogen and oxygen atoms in total. The van der Waals surface area contributed by atoms with Gasteiger partial charge in [-0.1, -0.05) is 12.1 Å². The summed E-state index contributed by atoms with van der Waals surface area (Å²) >= 11 is 0. The van der Waals surface area contributed by atoms with Crippen LogP contribution in [0.15, 0.2) is 24.3 Å². The standard InChI is InChI=1S/C15H16F3NO3/c16-15(17,18)22-11-3-1-9(2-4-11)12-7-13(12)14(21)19-6-5-10(20)8-19/h1-4,10,12-13,20H,5-8H2/t10-,12?,13?/m0/s1. The summed E-state index contributed by atoms with van der Waals surface area (Å²) in [6.07, 6.45) is -3.84. The zero-order valence-corrected chi connectivity index (χ0v) is 11.7. The Hall–Kier alpha value is -1.76. The molecule has 0 spiro atoms. The number of amides is 1. The van der Waals surface area contributed by atoms with Gasteiger partial charge in [0.25, 0.3) is 0 Å². The number of halogens is 3. The van der Waals surface area contributed by atoms with Gasteiger partial charge in [-0.2, -0.15) is 0 Å². The Morgan fingerprint density at radius 1 is 1.27 bits per heavy atom. The molecule has 1 amide bonds. The second-order valence-corrected chi connectivity index (χ2v) is 5.79. The molecule has 1 saturated heterocycles. The van der Waals surface area contributed by atoms with Crippen molar-refractivity contribution in [3.63, 3.8) is 0 Å². The Bertz CT molecular complexity index is 558. The molecule has 120 valence electrons. The molecule has 7 heteroatoms. The van der Waals surface area contributed by atoms with Crippen LogP contribution in [0.2, 0.25) is 0 Å². The van der Waals surface area contributed by atoms with Gasteiger partial charge < -0.3 is 14.7 Å². The van der Waals surface area contributed by atoms with E-state index in [0.717, 1.165) is 5.56 Å². The van der Waals surface area contributed by atoms with Gasteiger partial charge >= 0.3 is 6.36 Å². The molecule has 0 radical (unpaired) electrons. The molecule has 22 heavy (non-hydrogen) atoms. The predicted octanol–water partition coefficient (Wildman–Crippen LogP) is 2.28. The molecule has 1 heterocycles. The van der Waals surface area contributed by atoms with Crippen molar-refractivity contribution in [3.8, 4) is 5.75 Å². The zero-order chi connectivity index (χ0) is 15.9. The third-order valence-electron chi connectivity index (χ3n) is 4.12. The third kappa shape index (κ3) is 3.35. The molecule has 1 N–H and O–H groups in total. The number of rotatable bonds is 3. The van der Waals surface area contributed by atoms with Gasteiger partial charge in [0.2, 0.25) is 5.91 Å². The second-order valence-electron chi connectivity index (χ2n) is 5.79. The van der Waals surface area contributed by atoms with E-state index in [1.807, 2.05) is 0 Å². The number of likely N-dealkylation sites (tertiary alicyclic amines) is 1. The Balaban J connectivity index is 1.59. The number of hydrogen-bond donors (Lipinski definition) is 1. The summed E-state index contributed by atoms with van der Waals surface area (Å²) in [5.41, 5.74) is 0.840. The van der Waals surface area contributed by atoms with E-state index in [1.54, 1.807) is 17.0 Å². The minimum Gasteiger partial charge on any atom is -0.406 e. The van der Waals surface area contributed by atoms with Gasteiger partial charge in [0, 0.05) is 19.0 Å². The Morgan fingerprint density at radius 3 is 2.50 bits per heavy atom. The first-order valence-electron chi connectivity index (χ1n) is 7.16. The monoisotopic (exact) mass is 315 g/mol. The van der Waals surface area contributed by atoms with Crippen LogP contribution in [0.4, 0.5) is 13.2 Å². The van der Waals surface area contributed by atoms with Crippen molar-refractivity contribution >= 4 is 5.91 Å². The van der Waals surface area contributed by atoms with Crippen molar-refractivity contribution in [1.29, 1.82) is 0 Å². The number of benzene rings is 1. The summed E-state index contributed by atoms with van der Waals surface area (Å²) in [6, 6.07) is 5.67. The SMILES string of the molecule is O=C(C1CC1c1ccc(OC(F)(F)F)cc1)N1CC[C@H](O)C1. The summed E-state index contributed by atoms with van der Waals surface area (Å²) in [4.78, 5) is 13.9. The molecule has 1 aromatic carbocycles. The number of β-amino-alcohol motifs (C(OH)–C–C–N with tert-alkyl or cyclic N) is 1.